The van der Waals surface area contributed by atoms with Crippen LogP contribution in [0.1, 0.15) is 30.4 Å². The van der Waals surface area contributed by atoms with E-state index in [1.807, 2.05) is 31.2 Å². The van der Waals surface area contributed by atoms with Gasteiger partial charge in [0.05, 0.1) is 13.2 Å². The summed E-state index contributed by atoms with van der Waals surface area (Å²) in [5.41, 5.74) is 2.13. The maximum Gasteiger partial charge on any atom is 0.331 e. The lowest BCUT2D eigenvalue weighted by molar-refractivity contribution is -0.202. The molecule has 0 radical (unpaired) electrons. The fraction of sp³-hybridized carbons (Fsp3) is 0.571. The Bertz CT molecular complexity index is 664. The molecule has 3 aliphatic rings. The zero-order valence-corrected chi connectivity index (χ0v) is 15.5. The van der Waals surface area contributed by atoms with Crippen molar-refractivity contribution < 1.29 is 28.5 Å². The summed E-state index contributed by atoms with van der Waals surface area (Å²) < 4.78 is 28.8. The van der Waals surface area contributed by atoms with E-state index in [0.29, 0.717) is 13.2 Å². The Labute approximate surface area is 159 Å². The molecule has 0 spiro atoms. The van der Waals surface area contributed by atoms with Gasteiger partial charge in [0.1, 0.15) is 18.3 Å². The molecule has 27 heavy (non-hydrogen) atoms. The van der Waals surface area contributed by atoms with Crippen molar-refractivity contribution >= 4 is 12.0 Å². The lowest BCUT2D eigenvalue weighted by Crippen LogP contribution is -2.37. The molecule has 0 aromatic heterocycles. The summed E-state index contributed by atoms with van der Waals surface area (Å²) in [4.78, 5) is 12.2. The first-order valence-corrected chi connectivity index (χ1v) is 9.65. The molecule has 6 heteroatoms. The zero-order valence-electron chi connectivity index (χ0n) is 15.5. The molecule has 0 amide bonds. The highest BCUT2D eigenvalue weighted by Crippen LogP contribution is 2.32. The number of hydrogen-bond donors (Lipinski definition) is 0. The van der Waals surface area contributed by atoms with Gasteiger partial charge in [0.25, 0.3) is 0 Å². The number of esters is 1. The number of rotatable bonds is 5. The quantitative estimate of drug-likeness (QED) is 0.583. The first-order chi connectivity index (χ1) is 13.2. The first kappa shape index (κ1) is 18.6. The third-order valence-electron chi connectivity index (χ3n) is 5.18. The Morgan fingerprint density at radius 1 is 1.04 bits per heavy atom. The molecule has 146 valence electrons. The van der Waals surface area contributed by atoms with Crippen molar-refractivity contribution in [1.82, 2.24) is 0 Å². The minimum absolute atomic E-state index is 0.176. The monoisotopic (exact) mass is 374 g/mol. The van der Waals surface area contributed by atoms with Crippen molar-refractivity contribution in [3.63, 3.8) is 0 Å². The molecular formula is C21H26O6. The van der Waals surface area contributed by atoms with Crippen LogP contribution in [0, 0.1) is 6.92 Å². The van der Waals surface area contributed by atoms with Gasteiger partial charge in [-0.05, 0) is 37.8 Å². The summed E-state index contributed by atoms with van der Waals surface area (Å²) in [5.74, 6) is -0.395. The average molecular weight is 374 g/mol. The molecular weight excluding hydrogens is 348 g/mol. The standard InChI is InChI=1S/C21H26O6/c1-14-5-7-15(8-6-14)9-10-18(22)26-16-12-24-21-17(13-25-20(16)21)27-19-4-2-3-11-23-19/h5-10,16-17,19-21H,2-4,11-13H2,1H3. The Hall–Kier alpha value is -1.73. The number of carbonyl (C=O) groups excluding carboxylic acids is 1. The summed E-state index contributed by atoms with van der Waals surface area (Å²) in [5, 5.41) is 0. The second-order valence-electron chi connectivity index (χ2n) is 7.29. The van der Waals surface area contributed by atoms with Crippen LogP contribution in [0.4, 0.5) is 0 Å². The fourth-order valence-corrected chi connectivity index (χ4v) is 3.69. The van der Waals surface area contributed by atoms with Crippen molar-refractivity contribution in [1.29, 1.82) is 0 Å². The van der Waals surface area contributed by atoms with Crippen LogP contribution in [-0.4, -0.2) is 56.5 Å². The van der Waals surface area contributed by atoms with Crippen LogP contribution in [0.2, 0.25) is 0 Å². The summed E-state index contributed by atoms with van der Waals surface area (Å²) in [7, 11) is 0. The van der Waals surface area contributed by atoms with Crippen LogP contribution in [-0.2, 0) is 28.5 Å². The maximum absolute atomic E-state index is 12.2. The number of hydrogen-bond acceptors (Lipinski definition) is 6. The molecule has 0 saturated carbocycles. The van der Waals surface area contributed by atoms with Crippen LogP contribution < -0.4 is 0 Å². The van der Waals surface area contributed by atoms with Gasteiger partial charge in [-0.25, -0.2) is 4.79 Å². The van der Waals surface area contributed by atoms with Gasteiger partial charge in [-0.1, -0.05) is 29.8 Å². The van der Waals surface area contributed by atoms with Gasteiger partial charge in [0.2, 0.25) is 0 Å². The highest BCUT2D eigenvalue weighted by atomic mass is 16.7. The highest BCUT2D eigenvalue weighted by Gasteiger charge is 2.50. The third-order valence-corrected chi connectivity index (χ3v) is 5.18. The molecule has 0 bridgehead atoms. The lowest BCUT2D eigenvalue weighted by Gasteiger charge is -2.27. The van der Waals surface area contributed by atoms with Crippen molar-refractivity contribution in [2.45, 2.75) is 56.9 Å². The van der Waals surface area contributed by atoms with Gasteiger partial charge in [-0.3, -0.25) is 0 Å². The van der Waals surface area contributed by atoms with Crippen LogP contribution >= 0.6 is 0 Å². The summed E-state index contributed by atoms with van der Waals surface area (Å²) in [6, 6.07) is 7.93. The molecule has 3 heterocycles. The van der Waals surface area contributed by atoms with Gasteiger partial charge >= 0.3 is 5.97 Å². The van der Waals surface area contributed by atoms with Crippen LogP contribution in [0.3, 0.4) is 0 Å². The molecule has 1 aromatic carbocycles. The number of benzene rings is 1. The number of carbonyl (C=O) groups is 1. The SMILES string of the molecule is Cc1ccc(C=CC(=O)OC2COC3C(OC4CCCCO4)COC23)cc1. The van der Waals surface area contributed by atoms with Crippen molar-refractivity contribution in [2.75, 3.05) is 19.8 Å². The van der Waals surface area contributed by atoms with Gasteiger partial charge in [-0.15, -0.1) is 0 Å². The largest absolute Gasteiger partial charge is 0.454 e. The number of fused-ring (bicyclic) bond motifs is 1. The van der Waals surface area contributed by atoms with Gasteiger partial charge in [0.15, 0.2) is 12.4 Å². The maximum atomic E-state index is 12.2. The molecule has 5 atom stereocenters. The van der Waals surface area contributed by atoms with Gasteiger partial charge < -0.3 is 23.7 Å². The van der Waals surface area contributed by atoms with E-state index < -0.39 is 12.1 Å². The van der Waals surface area contributed by atoms with E-state index in [-0.39, 0.29) is 24.6 Å². The number of aryl methyl sites for hydroxylation is 1. The Balaban J connectivity index is 1.28. The first-order valence-electron chi connectivity index (χ1n) is 9.65. The summed E-state index contributed by atoms with van der Waals surface area (Å²) in [6.45, 7) is 3.52. The molecule has 3 aliphatic heterocycles. The predicted octanol–water partition coefficient (Wildman–Crippen LogP) is 2.63. The second kappa shape index (κ2) is 8.52. The lowest BCUT2D eigenvalue weighted by atomic mass is 10.1. The summed E-state index contributed by atoms with van der Waals surface area (Å²) >= 11 is 0. The fourth-order valence-electron chi connectivity index (χ4n) is 3.69. The number of ether oxygens (including phenoxy) is 5. The van der Waals surface area contributed by atoms with E-state index in [1.165, 1.54) is 11.6 Å². The Kier molecular flexibility index (Phi) is 5.88. The van der Waals surface area contributed by atoms with Crippen LogP contribution in [0.15, 0.2) is 30.3 Å². The molecule has 3 saturated heterocycles. The van der Waals surface area contributed by atoms with Gasteiger partial charge in [0, 0.05) is 12.7 Å². The van der Waals surface area contributed by atoms with E-state index in [9.17, 15) is 4.79 Å². The Morgan fingerprint density at radius 3 is 2.52 bits per heavy atom. The van der Waals surface area contributed by atoms with Crippen molar-refractivity contribution in [3.05, 3.63) is 41.5 Å². The normalized spacial score (nSPS) is 33.3. The van der Waals surface area contributed by atoms with Crippen molar-refractivity contribution in [3.8, 4) is 0 Å². The topological polar surface area (TPSA) is 63.2 Å². The minimum atomic E-state index is -0.411. The molecule has 4 rings (SSSR count). The van der Waals surface area contributed by atoms with Crippen molar-refractivity contribution in [2.24, 2.45) is 0 Å². The van der Waals surface area contributed by atoms with Crippen LogP contribution in [0.25, 0.3) is 6.08 Å². The predicted molar refractivity (Wildman–Crippen MR) is 98.0 cm³/mol. The van der Waals surface area contributed by atoms with E-state index in [4.69, 9.17) is 23.7 Å². The molecule has 3 fully saturated rings. The van der Waals surface area contributed by atoms with E-state index >= 15 is 0 Å². The summed E-state index contributed by atoms with van der Waals surface area (Å²) in [6.07, 6.45) is 5.01. The van der Waals surface area contributed by atoms with E-state index in [0.717, 1.165) is 31.4 Å². The molecule has 6 nitrogen and oxygen atoms in total. The van der Waals surface area contributed by atoms with E-state index in [2.05, 4.69) is 0 Å². The average Bonchev–Trinajstić information content (AvgIpc) is 3.26. The molecule has 1 aromatic rings. The minimum Gasteiger partial charge on any atom is -0.454 e. The van der Waals surface area contributed by atoms with Crippen LogP contribution in [0.5, 0.6) is 0 Å². The Morgan fingerprint density at radius 2 is 1.78 bits per heavy atom. The van der Waals surface area contributed by atoms with E-state index in [1.54, 1.807) is 6.08 Å². The molecule has 0 N–H and O–H groups in total. The van der Waals surface area contributed by atoms with Gasteiger partial charge in [-0.2, -0.15) is 0 Å². The molecule has 5 unspecified atom stereocenters. The second-order valence-corrected chi connectivity index (χ2v) is 7.29. The zero-order chi connectivity index (χ0) is 18.6. The molecule has 0 aliphatic carbocycles. The smallest absolute Gasteiger partial charge is 0.331 e. The highest BCUT2D eigenvalue weighted by molar-refractivity contribution is 5.87. The third kappa shape index (κ3) is 4.58.